The molecule has 0 aromatic heterocycles. The van der Waals surface area contributed by atoms with Crippen molar-refractivity contribution in [3.8, 4) is 0 Å². The van der Waals surface area contributed by atoms with Crippen molar-refractivity contribution < 1.29 is 19.1 Å². The fraction of sp³-hybridized carbons (Fsp3) is 0.750. The number of carbonyl (C=O) groups excluding carboxylic acids is 2. The summed E-state index contributed by atoms with van der Waals surface area (Å²) < 4.78 is 10.3. The van der Waals surface area contributed by atoms with E-state index in [1.165, 1.54) is 0 Å². The van der Waals surface area contributed by atoms with Crippen molar-refractivity contribution in [2.45, 2.75) is 52.4 Å². The lowest BCUT2D eigenvalue weighted by Crippen LogP contribution is -2.33. The van der Waals surface area contributed by atoms with Gasteiger partial charge in [-0.25, -0.2) is 0 Å². The first-order valence-electron chi connectivity index (χ1n) is 7.69. The number of hydrogen-bond acceptors (Lipinski definition) is 4. The molecule has 0 N–H and O–H groups in total. The lowest BCUT2D eigenvalue weighted by Gasteiger charge is -2.24. The average molecular weight is 282 g/mol. The van der Waals surface area contributed by atoms with Crippen LogP contribution in [0.25, 0.3) is 0 Å². The number of allylic oxidation sites excluding steroid dienone is 2. The van der Waals surface area contributed by atoms with Crippen molar-refractivity contribution >= 4 is 11.9 Å². The van der Waals surface area contributed by atoms with Crippen LogP contribution in [0.5, 0.6) is 0 Å². The quantitative estimate of drug-likeness (QED) is 0.586. The molecule has 1 aliphatic carbocycles. The molecule has 0 aromatic rings. The Morgan fingerprint density at radius 3 is 1.65 bits per heavy atom. The Morgan fingerprint density at radius 2 is 1.30 bits per heavy atom. The summed E-state index contributed by atoms with van der Waals surface area (Å²) in [4.78, 5) is 24.3. The summed E-state index contributed by atoms with van der Waals surface area (Å²) in [5.41, 5.74) is 0. The van der Waals surface area contributed by atoms with Gasteiger partial charge >= 0.3 is 11.9 Å². The van der Waals surface area contributed by atoms with Crippen LogP contribution in [-0.4, -0.2) is 25.2 Å². The van der Waals surface area contributed by atoms with Crippen LogP contribution < -0.4 is 0 Å². The molecule has 0 radical (unpaired) electrons. The molecule has 20 heavy (non-hydrogen) atoms. The number of esters is 2. The molecule has 0 heterocycles. The number of ether oxygens (including phenoxy) is 2. The summed E-state index contributed by atoms with van der Waals surface area (Å²) >= 11 is 0. The van der Waals surface area contributed by atoms with Gasteiger partial charge in [0.1, 0.15) is 0 Å². The van der Waals surface area contributed by atoms with Crippen molar-refractivity contribution in [1.29, 1.82) is 0 Å². The third kappa shape index (κ3) is 5.35. The summed E-state index contributed by atoms with van der Waals surface area (Å²) in [6.45, 7) is 4.29. The average Bonchev–Trinajstić information content (AvgIpc) is 2.44. The van der Waals surface area contributed by atoms with E-state index >= 15 is 0 Å². The molecule has 0 amide bonds. The second-order valence-electron chi connectivity index (χ2n) is 5.05. The van der Waals surface area contributed by atoms with Gasteiger partial charge in [0.15, 0.2) is 0 Å². The fourth-order valence-electron chi connectivity index (χ4n) is 2.61. The largest absolute Gasteiger partial charge is 0.466 e. The van der Waals surface area contributed by atoms with Gasteiger partial charge in [0, 0.05) is 0 Å². The van der Waals surface area contributed by atoms with Crippen LogP contribution in [0.1, 0.15) is 52.4 Å². The summed E-state index contributed by atoms with van der Waals surface area (Å²) in [5.74, 6) is -1.23. The topological polar surface area (TPSA) is 52.6 Å². The monoisotopic (exact) mass is 282 g/mol. The van der Waals surface area contributed by atoms with Crippen LogP contribution in [0.2, 0.25) is 0 Å². The van der Waals surface area contributed by atoms with Gasteiger partial charge in [-0.1, -0.05) is 12.2 Å². The molecular formula is C16H26O4. The third-order valence-electron chi connectivity index (χ3n) is 3.60. The van der Waals surface area contributed by atoms with Crippen LogP contribution in [-0.2, 0) is 19.1 Å². The van der Waals surface area contributed by atoms with E-state index < -0.39 is 0 Å². The van der Waals surface area contributed by atoms with Gasteiger partial charge in [-0.15, -0.1) is 0 Å². The molecule has 0 saturated carbocycles. The minimum absolute atomic E-state index is 0.255. The summed E-state index contributed by atoms with van der Waals surface area (Å²) in [5, 5.41) is 0. The molecule has 2 atom stereocenters. The fourth-order valence-corrected chi connectivity index (χ4v) is 2.61. The summed E-state index contributed by atoms with van der Waals surface area (Å²) in [6, 6.07) is 0. The van der Waals surface area contributed by atoms with Crippen LogP contribution in [0.15, 0.2) is 12.2 Å². The van der Waals surface area contributed by atoms with Gasteiger partial charge in [0.2, 0.25) is 0 Å². The highest BCUT2D eigenvalue weighted by Gasteiger charge is 2.35. The lowest BCUT2D eigenvalue weighted by molar-refractivity contribution is -0.161. The molecule has 2 unspecified atom stereocenters. The number of rotatable bonds is 4. The molecule has 0 aromatic carbocycles. The first kappa shape index (κ1) is 16.7. The predicted molar refractivity (Wildman–Crippen MR) is 77.1 cm³/mol. The van der Waals surface area contributed by atoms with E-state index in [-0.39, 0.29) is 23.8 Å². The third-order valence-corrected chi connectivity index (χ3v) is 3.60. The van der Waals surface area contributed by atoms with E-state index in [9.17, 15) is 9.59 Å². The SMILES string of the molecule is CCOC(=O)C1CCCC=CCCCC1C(=O)OCC. The maximum atomic E-state index is 12.1. The molecule has 0 spiro atoms. The number of carbonyl (C=O) groups is 2. The second-order valence-corrected chi connectivity index (χ2v) is 5.05. The van der Waals surface area contributed by atoms with Crippen LogP contribution >= 0.6 is 0 Å². The predicted octanol–water partition coefficient (Wildman–Crippen LogP) is 3.26. The van der Waals surface area contributed by atoms with Crippen molar-refractivity contribution in [3.63, 3.8) is 0 Å². The van der Waals surface area contributed by atoms with Gasteiger partial charge in [-0.3, -0.25) is 9.59 Å². The van der Waals surface area contributed by atoms with Gasteiger partial charge in [0.05, 0.1) is 25.0 Å². The van der Waals surface area contributed by atoms with Crippen molar-refractivity contribution in [1.82, 2.24) is 0 Å². The molecule has 0 saturated heterocycles. The highest BCUT2D eigenvalue weighted by Crippen LogP contribution is 2.28. The van der Waals surface area contributed by atoms with E-state index in [1.807, 2.05) is 0 Å². The molecule has 0 aliphatic heterocycles. The van der Waals surface area contributed by atoms with E-state index in [0.29, 0.717) is 26.1 Å². The molecule has 114 valence electrons. The minimum atomic E-state index is -0.361. The molecule has 0 bridgehead atoms. The normalized spacial score (nSPS) is 23.9. The molecule has 1 rings (SSSR count). The first-order valence-corrected chi connectivity index (χ1v) is 7.69. The zero-order chi connectivity index (χ0) is 14.8. The lowest BCUT2D eigenvalue weighted by atomic mass is 9.83. The van der Waals surface area contributed by atoms with Crippen LogP contribution in [0.4, 0.5) is 0 Å². The van der Waals surface area contributed by atoms with E-state index in [2.05, 4.69) is 12.2 Å². The Morgan fingerprint density at radius 1 is 0.900 bits per heavy atom. The zero-order valence-corrected chi connectivity index (χ0v) is 12.6. The van der Waals surface area contributed by atoms with Crippen LogP contribution in [0, 0.1) is 11.8 Å². The van der Waals surface area contributed by atoms with Gasteiger partial charge in [0.25, 0.3) is 0 Å². The first-order chi connectivity index (χ1) is 9.70. The molecule has 0 fully saturated rings. The Kier molecular flexibility index (Phi) is 8.00. The van der Waals surface area contributed by atoms with Gasteiger partial charge in [-0.05, 0) is 52.4 Å². The van der Waals surface area contributed by atoms with E-state index in [4.69, 9.17) is 9.47 Å². The highest BCUT2D eigenvalue weighted by atomic mass is 16.5. The van der Waals surface area contributed by atoms with E-state index in [0.717, 1.165) is 25.7 Å². The van der Waals surface area contributed by atoms with E-state index in [1.54, 1.807) is 13.8 Å². The maximum Gasteiger partial charge on any atom is 0.309 e. The van der Waals surface area contributed by atoms with Gasteiger partial charge < -0.3 is 9.47 Å². The standard InChI is InChI=1S/C16H26O4/c1-3-19-15(17)13-11-9-7-5-6-8-10-12-14(13)16(18)20-4-2/h5-6,13-14H,3-4,7-12H2,1-2H3. The smallest absolute Gasteiger partial charge is 0.309 e. The van der Waals surface area contributed by atoms with Crippen molar-refractivity contribution in [2.75, 3.05) is 13.2 Å². The van der Waals surface area contributed by atoms with Crippen LogP contribution in [0.3, 0.4) is 0 Å². The highest BCUT2D eigenvalue weighted by molar-refractivity contribution is 5.82. The Bertz CT molecular complexity index is 303. The summed E-state index contributed by atoms with van der Waals surface area (Å²) in [6.07, 6.45) is 9.39. The Labute approximate surface area is 121 Å². The Balaban J connectivity index is 2.83. The minimum Gasteiger partial charge on any atom is -0.466 e. The van der Waals surface area contributed by atoms with Crippen molar-refractivity contribution in [2.24, 2.45) is 11.8 Å². The number of hydrogen-bond donors (Lipinski definition) is 0. The molecule has 4 heteroatoms. The van der Waals surface area contributed by atoms with Crippen molar-refractivity contribution in [3.05, 3.63) is 12.2 Å². The summed E-state index contributed by atoms with van der Waals surface area (Å²) in [7, 11) is 0. The maximum absolute atomic E-state index is 12.1. The Hall–Kier alpha value is -1.32. The zero-order valence-electron chi connectivity index (χ0n) is 12.6. The molecular weight excluding hydrogens is 256 g/mol. The molecule has 4 nitrogen and oxygen atoms in total. The second kappa shape index (κ2) is 9.56. The van der Waals surface area contributed by atoms with Gasteiger partial charge in [-0.2, -0.15) is 0 Å². The molecule has 1 aliphatic rings.